The standard InChI is InChI=1S/C28H41NO9/c1-16(7-10-24-27(34)28(15-35-28)14-21(38-24)13-26(32)33)6-9-23-17(2)12-22(19(4)37-23)29-25(31)11-8-18(3)36-20(5)30/h6-8,10-11,17-19,21-24,27,34H,9,12-15H2,1-5H3,(H,29,31)(H,32,33)/b10-7+,11-8-,16-6+/t17-,18-,19+,21+,22+,23-,24+,27-,28+/m0/s1. The topological polar surface area (TPSA) is 144 Å². The highest BCUT2D eigenvalue weighted by Crippen LogP contribution is 2.43. The molecule has 0 aromatic rings. The fraction of sp³-hybridized carbons (Fsp3) is 0.679. The molecule has 3 N–H and O–H groups in total. The number of epoxide rings is 1. The number of aliphatic carboxylic acids is 1. The first-order chi connectivity index (χ1) is 17.9. The maximum absolute atomic E-state index is 12.3. The predicted molar refractivity (Wildman–Crippen MR) is 138 cm³/mol. The van der Waals surface area contributed by atoms with Crippen molar-refractivity contribution in [2.45, 2.75) is 109 Å². The molecule has 0 aliphatic carbocycles. The second-order valence-corrected chi connectivity index (χ2v) is 10.7. The molecule has 3 rings (SSSR count). The summed E-state index contributed by atoms with van der Waals surface area (Å²) in [5, 5.41) is 22.8. The molecular formula is C28H41NO9. The fourth-order valence-electron chi connectivity index (χ4n) is 5.08. The first-order valence-electron chi connectivity index (χ1n) is 13.2. The number of hydrogen-bond donors (Lipinski definition) is 3. The van der Waals surface area contributed by atoms with Crippen molar-refractivity contribution in [2.24, 2.45) is 5.92 Å². The number of carboxylic acids is 1. The van der Waals surface area contributed by atoms with Crippen LogP contribution in [-0.2, 0) is 33.3 Å². The number of nitrogens with one attached hydrogen (secondary N) is 1. The van der Waals surface area contributed by atoms with Crippen molar-refractivity contribution in [1.82, 2.24) is 5.32 Å². The molecule has 3 aliphatic heterocycles. The van der Waals surface area contributed by atoms with E-state index >= 15 is 0 Å². The van der Waals surface area contributed by atoms with Gasteiger partial charge in [0.2, 0.25) is 5.91 Å². The molecule has 1 spiro atoms. The summed E-state index contributed by atoms with van der Waals surface area (Å²) >= 11 is 0. The van der Waals surface area contributed by atoms with Crippen molar-refractivity contribution in [3.63, 3.8) is 0 Å². The summed E-state index contributed by atoms with van der Waals surface area (Å²) < 4.78 is 22.5. The molecule has 0 saturated carbocycles. The van der Waals surface area contributed by atoms with E-state index in [1.807, 2.05) is 19.9 Å². The van der Waals surface area contributed by atoms with Gasteiger partial charge in [-0.15, -0.1) is 0 Å². The van der Waals surface area contributed by atoms with Crippen LogP contribution in [0, 0.1) is 5.92 Å². The minimum atomic E-state index is -0.941. The molecule has 0 unspecified atom stereocenters. The lowest BCUT2D eigenvalue weighted by atomic mass is 9.87. The van der Waals surface area contributed by atoms with Crippen molar-refractivity contribution in [3.05, 3.63) is 36.0 Å². The van der Waals surface area contributed by atoms with Crippen LogP contribution >= 0.6 is 0 Å². The maximum Gasteiger partial charge on any atom is 0.305 e. The zero-order valence-electron chi connectivity index (χ0n) is 22.8. The van der Waals surface area contributed by atoms with E-state index in [0.717, 1.165) is 12.0 Å². The summed E-state index contributed by atoms with van der Waals surface area (Å²) in [5.74, 6) is -1.39. The van der Waals surface area contributed by atoms with Gasteiger partial charge in [-0.3, -0.25) is 14.4 Å². The Balaban J connectivity index is 1.49. The first kappa shape index (κ1) is 30.0. The highest BCUT2D eigenvalue weighted by atomic mass is 16.6. The van der Waals surface area contributed by atoms with Crippen molar-refractivity contribution in [3.8, 4) is 0 Å². The minimum Gasteiger partial charge on any atom is -0.481 e. The highest BCUT2D eigenvalue weighted by Gasteiger charge is 2.58. The number of allylic oxidation sites excluding steroid dienone is 2. The van der Waals surface area contributed by atoms with E-state index in [-0.39, 0.29) is 36.5 Å². The second-order valence-electron chi connectivity index (χ2n) is 10.7. The molecule has 3 heterocycles. The van der Waals surface area contributed by atoms with Gasteiger partial charge in [0.15, 0.2) is 0 Å². The zero-order chi connectivity index (χ0) is 28.0. The average molecular weight is 536 g/mol. The molecular weight excluding hydrogens is 494 g/mol. The van der Waals surface area contributed by atoms with E-state index in [1.165, 1.54) is 13.0 Å². The molecule has 0 aromatic heterocycles. The minimum absolute atomic E-state index is 0.0133. The summed E-state index contributed by atoms with van der Waals surface area (Å²) in [7, 11) is 0. The summed E-state index contributed by atoms with van der Waals surface area (Å²) in [5.41, 5.74) is 0.271. The Morgan fingerprint density at radius 1 is 1.18 bits per heavy atom. The average Bonchev–Trinajstić information content (AvgIpc) is 3.59. The first-order valence-corrected chi connectivity index (χ1v) is 13.2. The number of esters is 1. The molecule has 0 radical (unpaired) electrons. The Morgan fingerprint density at radius 2 is 1.89 bits per heavy atom. The highest BCUT2D eigenvalue weighted by molar-refractivity contribution is 5.87. The third kappa shape index (κ3) is 8.49. The molecule has 38 heavy (non-hydrogen) atoms. The van der Waals surface area contributed by atoms with Gasteiger partial charge in [0.05, 0.1) is 37.4 Å². The third-order valence-electron chi connectivity index (χ3n) is 7.33. The Hall–Kier alpha value is -2.53. The Labute approximate surface area is 224 Å². The van der Waals surface area contributed by atoms with Crippen molar-refractivity contribution in [1.29, 1.82) is 0 Å². The van der Waals surface area contributed by atoms with Gasteiger partial charge in [0.1, 0.15) is 23.9 Å². The Morgan fingerprint density at radius 3 is 2.53 bits per heavy atom. The molecule has 3 saturated heterocycles. The van der Waals surface area contributed by atoms with Crippen molar-refractivity contribution >= 4 is 17.8 Å². The molecule has 3 aliphatic rings. The van der Waals surface area contributed by atoms with Crippen LogP contribution in [0.15, 0.2) is 36.0 Å². The van der Waals surface area contributed by atoms with Crippen molar-refractivity contribution < 1.29 is 43.5 Å². The summed E-state index contributed by atoms with van der Waals surface area (Å²) in [6.45, 7) is 9.41. The van der Waals surface area contributed by atoms with E-state index in [9.17, 15) is 19.5 Å². The monoisotopic (exact) mass is 535 g/mol. The van der Waals surface area contributed by atoms with Crippen LogP contribution < -0.4 is 5.32 Å². The largest absolute Gasteiger partial charge is 0.481 e. The fourth-order valence-corrected chi connectivity index (χ4v) is 5.08. The molecule has 212 valence electrons. The number of rotatable bonds is 10. The van der Waals surface area contributed by atoms with Gasteiger partial charge in [0, 0.05) is 19.4 Å². The van der Waals surface area contributed by atoms with Crippen LogP contribution in [0.25, 0.3) is 0 Å². The summed E-state index contributed by atoms with van der Waals surface area (Å²) in [6, 6.07) is -0.131. The van der Waals surface area contributed by atoms with E-state index < -0.39 is 42.0 Å². The van der Waals surface area contributed by atoms with Crippen molar-refractivity contribution in [2.75, 3.05) is 6.61 Å². The van der Waals surface area contributed by atoms with Gasteiger partial charge in [-0.25, -0.2) is 0 Å². The Kier molecular flexibility index (Phi) is 10.3. The molecule has 0 aromatic carbocycles. The van der Waals surface area contributed by atoms with Crippen LogP contribution in [0.2, 0.25) is 0 Å². The van der Waals surface area contributed by atoms with E-state index in [2.05, 4.69) is 18.3 Å². The lowest BCUT2D eigenvalue weighted by Gasteiger charge is -2.39. The number of aliphatic hydroxyl groups excluding tert-OH is 1. The van der Waals surface area contributed by atoms with Gasteiger partial charge < -0.3 is 34.5 Å². The molecule has 3 fully saturated rings. The number of hydrogen-bond acceptors (Lipinski definition) is 8. The van der Waals surface area contributed by atoms with Gasteiger partial charge in [0.25, 0.3) is 0 Å². The van der Waals surface area contributed by atoms with Gasteiger partial charge in [-0.2, -0.15) is 0 Å². The predicted octanol–water partition coefficient (Wildman–Crippen LogP) is 2.45. The Bertz CT molecular complexity index is 954. The van der Waals surface area contributed by atoms with Crippen LogP contribution in [0.5, 0.6) is 0 Å². The number of carbonyl (C=O) groups excluding carboxylic acids is 2. The quantitative estimate of drug-likeness (QED) is 0.166. The van der Waals surface area contributed by atoms with E-state index in [4.69, 9.17) is 24.1 Å². The number of ether oxygens (including phenoxy) is 4. The van der Waals surface area contributed by atoms with Gasteiger partial charge in [-0.1, -0.05) is 30.7 Å². The molecule has 10 heteroatoms. The summed E-state index contributed by atoms with van der Waals surface area (Å²) in [4.78, 5) is 34.4. The van der Waals surface area contributed by atoms with E-state index in [1.54, 1.807) is 19.1 Å². The maximum atomic E-state index is 12.3. The van der Waals surface area contributed by atoms with Crippen LogP contribution in [0.1, 0.15) is 60.3 Å². The van der Waals surface area contributed by atoms with E-state index in [0.29, 0.717) is 19.4 Å². The van der Waals surface area contributed by atoms with Crippen LogP contribution in [0.4, 0.5) is 0 Å². The van der Waals surface area contributed by atoms with Gasteiger partial charge in [-0.05, 0) is 45.6 Å². The summed E-state index contributed by atoms with van der Waals surface area (Å²) in [6.07, 6.45) is 7.67. The van der Waals surface area contributed by atoms with Crippen LogP contribution in [0.3, 0.4) is 0 Å². The van der Waals surface area contributed by atoms with Gasteiger partial charge >= 0.3 is 11.9 Å². The lowest BCUT2D eigenvalue weighted by Crippen LogP contribution is -2.50. The number of carboxylic acid groups (broad SMARTS) is 1. The number of aliphatic hydroxyl groups is 1. The van der Waals surface area contributed by atoms with Crippen LogP contribution in [-0.4, -0.2) is 82.9 Å². The third-order valence-corrected chi connectivity index (χ3v) is 7.33. The smallest absolute Gasteiger partial charge is 0.305 e. The molecule has 9 atom stereocenters. The SMILES string of the molecule is CC(=O)O[C@@H](C)/C=C\C(=O)N[C@@H]1C[C@H](C)[C@H](C/C=C(C)/C=C/[C@H]2O[C@H](CC(=O)O)C[C@@]3(CO3)[C@H]2O)O[C@@H]1C. The number of amides is 1. The zero-order valence-corrected chi connectivity index (χ0v) is 22.8. The lowest BCUT2D eigenvalue weighted by molar-refractivity contribution is -0.155. The molecule has 0 bridgehead atoms. The second kappa shape index (κ2) is 13.0. The number of carbonyl (C=O) groups is 3. The molecule has 10 nitrogen and oxygen atoms in total. The normalized spacial score (nSPS) is 36.4. The molecule has 1 amide bonds.